The first-order valence-electron chi connectivity index (χ1n) is 6.14. The Morgan fingerprint density at radius 3 is 2.84 bits per heavy atom. The summed E-state index contributed by atoms with van der Waals surface area (Å²) >= 11 is 0. The molecule has 0 fully saturated rings. The zero-order chi connectivity index (χ0) is 14.0. The van der Waals surface area contributed by atoms with Crippen LogP contribution in [0.15, 0.2) is 24.4 Å². The molecule has 1 aromatic carbocycles. The van der Waals surface area contributed by atoms with Gasteiger partial charge in [-0.15, -0.1) is 0 Å². The smallest absolute Gasteiger partial charge is 0.259 e. The number of hydrogen-bond acceptors (Lipinski definition) is 3. The van der Waals surface area contributed by atoms with E-state index in [9.17, 15) is 9.90 Å². The van der Waals surface area contributed by atoms with E-state index < -0.39 is 0 Å². The molecule has 0 aliphatic heterocycles. The second-order valence-electron chi connectivity index (χ2n) is 4.47. The molecule has 100 valence electrons. The minimum absolute atomic E-state index is 0.166. The number of amides is 1. The van der Waals surface area contributed by atoms with Crippen LogP contribution in [-0.2, 0) is 13.5 Å². The fraction of sp³-hybridized carbons (Fsp3) is 0.286. The van der Waals surface area contributed by atoms with Crippen molar-refractivity contribution in [1.82, 2.24) is 9.78 Å². The van der Waals surface area contributed by atoms with Crippen molar-refractivity contribution in [2.24, 2.45) is 7.05 Å². The quantitative estimate of drug-likeness (QED) is 0.888. The molecule has 0 saturated heterocycles. The summed E-state index contributed by atoms with van der Waals surface area (Å²) in [5.41, 5.74) is 2.66. The van der Waals surface area contributed by atoms with E-state index >= 15 is 0 Å². The summed E-state index contributed by atoms with van der Waals surface area (Å²) in [6.45, 7) is 3.76. The number of nitrogens with one attached hydrogen (secondary N) is 1. The van der Waals surface area contributed by atoms with Crippen molar-refractivity contribution < 1.29 is 9.90 Å². The monoisotopic (exact) mass is 259 g/mol. The molecule has 5 heteroatoms. The Labute approximate surface area is 111 Å². The molecule has 0 bridgehead atoms. The Bertz CT molecular complexity index is 617. The van der Waals surface area contributed by atoms with Crippen molar-refractivity contribution in [1.29, 1.82) is 0 Å². The zero-order valence-corrected chi connectivity index (χ0v) is 11.3. The molecule has 19 heavy (non-hydrogen) atoms. The van der Waals surface area contributed by atoms with Crippen LogP contribution in [0.1, 0.15) is 28.5 Å². The van der Waals surface area contributed by atoms with Gasteiger partial charge < -0.3 is 10.4 Å². The summed E-state index contributed by atoms with van der Waals surface area (Å²) in [4.78, 5) is 12.2. The first-order valence-corrected chi connectivity index (χ1v) is 6.14. The Balaban J connectivity index is 2.22. The molecule has 1 heterocycles. The van der Waals surface area contributed by atoms with E-state index in [4.69, 9.17) is 0 Å². The lowest BCUT2D eigenvalue weighted by molar-refractivity contribution is 0.102. The molecule has 0 unspecified atom stereocenters. The average molecular weight is 259 g/mol. The highest BCUT2D eigenvalue weighted by Crippen LogP contribution is 2.21. The van der Waals surface area contributed by atoms with Gasteiger partial charge >= 0.3 is 0 Å². The summed E-state index contributed by atoms with van der Waals surface area (Å²) in [6, 6.07) is 5.05. The van der Waals surface area contributed by atoms with Gasteiger partial charge in [-0.3, -0.25) is 9.48 Å². The lowest BCUT2D eigenvalue weighted by Crippen LogP contribution is -2.13. The third-order valence-electron chi connectivity index (χ3n) is 2.95. The van der Waals surface area contributed by atoms with Crippen LogP contribution >= 0.6 is 0 Å². The van der Waals surface area contributed by atoms with Crippen LogP contribution in [0.25, 0.3) is 0 Å². The van der Waals surface area contributed by atoms with E-state index in [1.54, 1.807) is 37.0 Å². The summed E-state index contributed by atoms with van der Waals surface area (Å²) in [5, 5.41) is 16.6. The molecular formula is C14H17N3O2. The van der Waals surface area contributed by atoms with E-state index in [0.717, 1.165) is 11.3 Å². The molecule has 0 saturated carbocycles. The van der Waals surface area contributed by atoms with Crippen molar-refractivity contribution in [2.75, 3.05) is 5.32 Å². The van der Waals surface area contributed by atoms with Crippen LogP contribution in [0, 0.1) is 6.92 Å². The number of phenolic OH excluding ortho intramolecular Hbond substituents is 1. The molecule has 0 aliphatic rings. The van der Waals surface area contributed by atoms with Gasteiger partial charge in [0.1, 0.15) is 5.75 Å². The predicted molar refractivity (Wildman–Crippen MR) is 73.4 cm³/mol. The van der Waals surface area contributed by atoms with Gasteiger partial charge in [0.2, 0.25) is 0 Å². The Morgan fingerprint density at radius 2 is 2.21 bits per heavy atom. The Morgan fingerprint density at radius 1 is 1.47 bits per heavy atom. The SMILES string of the molecule is CCc1nn(C)cc1C(=O)Nc1ccc(C)c(O)c1. The molecule has 2 rings (SSSR count). The van der Waals surface area contributed by atoms with Crippen LogP contribution in [0.2, 0.25) is 0 Å². The van der Waals surface area contributed by atoms with Gasteiger partial charge in [0.05, 0.1) is 11.3 Å². The first-order chi connectivity index (χ1) is 9.01. The van der Waals surface area contributed by atoms with E-state index in [1.165, 1.54) is 6.07 Å². The highest BCUT2D eigenvalue weighted by molar-refractivity contribution is 6.05. The van der Waals surface area contributed by atoms with Crippen LogP contribution in [0.5, 0.6) is 5.75 Å². The molecule has 2 aromatic rings. The van der Waals surface area contributed by atoms with Crippen LogP contribution < -0.4 is 5.32 Å². The standard InChI is InChI=1S/C14H17N3O2/c1-4-12-11(8-17(3)16-12)14(19)15-10-6-5-9(2)13(18)7-10/h5-8,18H,4H2,1-3H3,(H,15,19). The maximum absolute atomic E-state index is 12.2. The molecule has 2 N–H and O–H groups in total. The Kier molecular flexibility index (Phi) is 3.55. The van der Waals surface area contributed by atoms with Crippen molar-refractivity contribution in [3.05, 3.63) is 41.2 Å². The number of benzene rings is 1. The molecule has 1 amide bonds. The average Bonchev–Trinajstić information content (AvgIpc) is 2.75. The number of anilines is 1. The molecular weight excluding hydrogens is 242 g/mol. The van der Waals surface area contributed by atoms with Crippen molar-refractivity contribution in [2.45, 2.75) is 20.3 Å². The number of phenols is 1. The molecule has 0 atom stereocenters. The van der Waals surface area contributed by atoms with E-state index in [1.807, 2.05) is 6.92 Å². The minimum atomic E-state index is -0.215. The van der Waals surface area contributed by atoms with Gasteiger partial charge in [0.25, 0.3) is 5.91 Å². The predicted octanol–water partition coefficient (Wildman–Crippen LogP) is 2.25. The molecule has 5 nitrogen and oxygen atoms in total. The fourth-order valence-electron chi connectivity index (χ4n) is 1.87. The van der Waals surface area contributed by atoms with Crippen LogP contribution in [0.3, 0.4) is 0 Å². The van der Waals surface area contributed by atoms with Crippen LogP contribution in [0.4, 0.5) is 5.69 Å². The summed E-state index contributed by atoms with van der Waals surface area (Å²) in [5.74, 6) is -0.0482. The van der Waals surface area contributed by atoms with Crippen LogP contribution in [-0.4, -0.2) is 20.8 Å². The third-order valence-corrected chi connectivity index (χ3v) is 2.95. The maximum Gasteiger partial charge on any atom is 0.259 e. The summed E-state index contributed by atoms with van der Waals surface area (Å²) < 4.78 is 1.63. The fourth-order valence-corrected chi connectivity index (χ4v) is 1.87. The third kappa shape index (κ3) is 2.76. The normalized spacial score (nSPS) is 10.5. The second-order valence-corrected chi connectivity index (χ2v) is 4.47. The molecule has 1 aromatic heterocycles. The lowest BCUT2D eigenvalue weighted by Gasteiger charge is -2.06. The highest BCUT2D eigenvalue weighted by atomic mass is 16.3. The van der Waals surface area contributed by atoms with Gasteiger partial charge in [0.15, 0.2) is 0 Å². The van der Waals surface area contributed by atoms with Gasteiger partial charge in [-0.05, 0) is 25.0 Å². The molecule has 0 aliphatic carbocycles. The second kappa shape index (κ2) is 5.14. The highest BCUT2D eigenvalue weighted by Gasteiger charge is 2.14. The number of carbonyl (C=O) groups excluding carboxylic acids is 1. The first kappa shape index (κ1) is 13.1. The maximum atomic E-state index is 12.2. The van der Waals surface area contributed by atoms with Gasteiger partial charge in [-0.1, -0.05) is 13.0 Å². The molecule has 0 radical (unpaired) electrons. The number of nitrogens with zero attached hydrogens (tertiary/aromatic N) is 2. The lowest BCUT2D eigenvalue weighted by atomic mass is 10.1. The van der Waals surface area contributed by atoms with Gasteiger partial charge in [-0.25, -0.2) is 0 Å². The van der Waals surface area contributed by atoms with Crippen molar-refractivity contribution >= 4 is 11.6 Å². The Hall–Kier alpha value is -2.30. The number of aryl methyl sites for hydroxylation is 3. The minimum Gasteiger partial charge on any atom is -0.508 e. The number of aromatic nitrogens is 2. The zero-order valence-electron chi connectivity index (χ0n) is 11.3. The number of hydrogen-bond donors (Lipinski definition) is 2. The largest absolute Gasteiger partial charge is 0.508 e. The molecule has 0 spiro atoms. The summed E-state index contributed by atoms with van der Waals surface area (Å²) in [6.07, 6.45) is 2.39. The summed E-state index contributed by atoms with van der Waals surface area (Å²) in [7, 11) is 1.79. The number of rotatable bonds is 3. The topological polar surface area (TPSA) is 67.2 Å². The number of aromatic hydroxyl groups is 1. The van der Waals surface area contributed by atoms with E-state index in [-0.39, 0.29) is 11.7 Å². The van der Waals surface area contributed by atoms with Gasteiger partial charge in [-0.2, -0.15) is 5.10 Å². The number of carbonyl (C=O) groups is 1. The van der Waals surface area contributed by atoms with E-state index in [2.05, 4.69) is 10.4 Å². The van der Waals surface area contributed by atoms with Crippen molar-refractivity contribution in [3.8, 4) is 5.75 Å². The van der Waals surface area contributed by atoms with Gasteiger partial charge in [0, 0.05) is 25.0 Å². The van der Waals surface area contributed by atoms with Crippen molar-refractivity contribution in [3.63, 3.8) is 0 Å². The van der Waals surface area contributed by atoms with E-state index in [0.29, 0.717) is 17.7 Å².